The van der Waals surface area contributed by atoms with Crippen molar-refractivity contribution in [3.05, 3.63) is 29.3 Å². The number of carbonyl (C=O) groups excluding carboxylic acids is 1. The van der Waals surface area contributed by atoms with E-state index in [-0.39, 0.29) is 11.7 Å². The van der Waals surface area contributed by atoms with E-state index in [1.54, 1.807) is 18.2 Å². The average molecular weight is 239 g/mol. The van der Waals surface area contributed by atoms with Crippen molar-refractivity contribution in [3.63, 3.8) is 0 Å². The molecule has 0 fully saturated rings. The first kappa shape index (κ1) is 11.4. The molecule has 0 aliphatic carbocycles. The van der Waals surface area contributed by atoms with Gasteiger partial charge in [-0.05, 0) is 17.2 Å². The number of fused-ring (bicyclic) bond motifs is 1. The second-order valence-electron chi connectivity index (χ2n) is 3.84. The Morgan fingerprint density at radius 2 is 2.19 bits per heavy atom. The lowest BCUT2D eigenvalue weighted by Crippen LogP contribution is -2.19. The standard InChI is InChI=1S/C11H13NO3S/c13-9(5-16)11(15)6-1-2-8-7(3-6)4-10(14)12-8/h1-3,9,11,13,15-16H,4-5H2,(H,12,14). The second kappa shape index (κ2) is 4.45. The zero-order valence-electron chi connectivity index (χ0n) is 8.55. The Morgan fingerprint density at radius 3 is 2.88 bits per heavy atom. The fourth-order valence-corrected chi connectivity index (χ4v) is 1.95. The molecule has 1 amide bonds. The highest BCUT2D eigenvalue weighted by Gasteiger charge is 2.22. The number of rotatable bonds is 3. The summed E-state index contributed by atoms with van der Waals surface area (Å²) in [5.41, 5.74) is 2.24. The van der Waals surface area contributed by atoms with Crippen molar-refractivity contribution < 1.29 is 15.0 Å². The number of hydrogen-bond acceptors (Lipinski definition) is 4. The molecule has 86 valence electrons. The van der Waals surface area contributed by atoms with E-state index >= 15 is 0 Å². The predicted molar refractivity (Wildman–Crippen MR) is 63.6 cm³/mol. The summed E-state index contributed by atoms with van der Waals surface area (Å²) < 4.78 is 0. The molecule has 0 spiro atoms. The van der Waals surface area contributed by atoms with Gasteiger partial charge in [-0.1, -0.05) is 12.1 Å². The number of aliphatic hydroxyl groups excluding tert-OH is 2. The number of carbonyl (C=O) groups is 1. The molecule has 1 aliphatic rings. The lowest BCUT2D eigenvalue weighted by atomic mass is 10.0. The molecule has 5 heteroatoms. The quantitative estimate of drug-likeness (QED) is 0.581. The summed E-state index contributed by atoms with van der Waals surface area (Å²) >= 11 is 3.92. The lowest BCUT2D eigenvalue weighted by molar-refractivity contribution is -0.115. The van der Waals surface area contributed by atoms with Crippen molar-refractivity contribution in [1.29, 1.82) is 0 Å². The summed E-state index contributed by atoms with van der Waals surface area (Å²) in [7, 11) is 0. The van der Waals surface area contributed by atoms with Gasteiger partial charge in [-0.3, -0.25) is 4.79 Å². The summed E-state index contributed by atoms with van der Waals surface area (Å²) in [5.74, 6) is 0.145. The van der Waals surface area contributed by atoms with Gasteiger partial charge in [0.05, 0.1) is 12.5 Å². The summed E-state index contributed by atoms with van der Waals surface area (Å²) in [6, 6.07) is 5.18. The topological polar surface area (TPSA) is 69.6 Å². The molecule has 0 saturated heterocycles. The summed E-state index contributed by atoms with van der Waals surface area (Å²) in [5, 5.41) is 22.0. The first-order valence-electron chi connectivity index (χ1n) is 5.01. The maximum absolute atomic E-state index is 11.1. The van der Waals surface area contributed by atoms with Gasteiger partial charge in [-0.2, -0.15) is 12.6 Å². The minimum Gasteiger partial charge on any atom is -0.389 e. The van der Waals surface area contributed by atoms with Crippen molar-refractivity contribution in [3.8, 4) is 0 Å². The average Bonchev–Trinajstić information content (AvgIpc) is 2.65. The fraction of sp³-hybridized carbons (Fsp3) is 0.364. The highest BCUT2D eigenvalue weighted by atomic mass is 32.1. The Hall–Kier alpha value is -1.04. The van der Waals surface area contributed by atoms with E-state index in [0.717, 1.165) is 11.3 Å². The van der Waals surface area contributed by atoms with Crippen LogP contribution in [0.5, 0.6) is 0 Å². The predicted octanol–water partition coefficient (Wildman–Crippen LogP) is 0.505. The number of benzene rings is 1. The molecule has 3 N–H and O–H groups in total. The number of thiol groups is 1. The minimum absolute atomic E-state index is 0.0450. The van der Waals surface area contributed by atoms with Crippen LogP contribution in [0.3, 0.4) is 0 Å². The maximum Gasteiger partial charge on any atom is 0.228 e. The van der Waals surface area contributed by atoms with Crippen LogP contribution in [0.25, 0.3) is 0 Å². The van der Waals surface area contributed by atoms with Gasteiger partial charge in [0.15, 0.2) is 0 Å². The monoisotopic (exact) mass is 239 g/mol. The van der Waals surface area contributed by atoms with Gasteiger partial charge in [-0.15, -0.1) is 0 Å². The van der Waals surface area contributed by atoms with Crippen LogP contribution in [0, 0.1) is 0 Å². The molecule has 1 aromatic rings. The lowest BCUT2D eigenvalue weighted by Gasteiger charge is -2.16. The third kappa shape index (κ3) is 2.07. The van der Waals surface area contributed by atoms with Crippen LogP contribution in [-0.2, 0) is 11.2 Å². The molecule has 1 heterocycles. The first-order valence-corrected chi connectivity index (χ1v) is 5.64. The van der Waals surface area contributed by atoms with E-state index in [2.05, 4.69) is 17.9 Å². The van der Waals surface area contributed by atoms with Gasteiger partial charge in [0, 0.05) is 11.4 Å². The van der Waals surface area contributed by atoms with Crippen molar-refractivity contribution in [2.45, 2.75) is 18.6 Å². The number of nitrogens with one attached hydrogen (secondary N) is 1. The molecule has 16 heavy (non-hydrogen) atoms. The summed E-state index contributed by atoms with van der Waals surface area (Å²) in [6.07, 6.45) is -1.53. The Balaban J connectivity index is 2.25. The summed E-state index contributed by atoms with van der Waals surface area (Å²) in [4.78, 5) is 11.1. The minimum atomic E-state index is -0.960. The SMILES string of the molecule is O=C1Cc2cc(C(O)C(O)CS)ccc2N1. The third-order valence-corrected chi connectivity index (χ3v) is 3.02. The molecule has 2 rings (SSSR count). The second-order valence-corrected chi connectivity index (χ2v) is 4.20. The van der Waals surface area contributed by atoms with E-state index in [1.165, 1.54) is 0 Å². The molecule has 1 aliphatic heterocycles. The molecule has 2 atom stereocenters. The van der Waals surface area contributed by atoms with Gasteiger partial charge in [0.2, 0.25) is 5.91 Å². The van der Waals surface area contributed by atoms with Gasteiger partial charge in [-0.25, -0.2) is 0 Å². The van der Waals surface area contributed by atoms with E-state index in [4.69, 9.17) is 0 Å². The van der Waals surface area contributed by atoms with Gasteiger partial charge < -0.3 is 15.5 Å². The van der Waals surface area contributed by atoms with Crippen LogP contribution >= 0.6 is 12.6 Å². The molecule has 0 aromatic heterocycles. The fourth-order valence-electron chi connectivity index (χ4n) is 1.76. The van der Waals surface area contributed by atoms with Crippen LogP contribution in [0.1, 0.15) is 17.2 Å². The van der Waals surface area contributed by atoms with E-state index in [0.29, 0.717) is 12.0 Å². The van der Waals surface area contributed by atoms with Crippen LogP contribution in [0.2, 0.25) is 0 Å². The molecule has 0 radical (unpaired) electrons. The van der Waals surface area contributed by atoms with Crippen LogP contribution < -0.4 is 5.32 Å². The number of amides is 1. The maximum atomic E-state index is 11.1. The number of aliphatic hydroxyl groups is 2. The highest BCUT2D eigenvalue weighted by molar-refractivity contribution is 7.80. The number of hydrogen-bond donors (Lipinski definition) is 4. The molecule has 4 nitrogen and oxygen atoms in total. The molecule has 1 aromatic carbocycles. The van der Waals surface area contributed by atoms with Crippen molar-refractivity contribution in [2.75, 3.05) is 11.1 Å². The normalized spacial score (nSPS) is 17.8. The Bertz CT molecular complexity index is 422. The van der Waals surface area contributed by atoms with Gasteiger partial charge in [0.1, 0.15) is 6.10 Å². The largest absolute Gasteiger partial charge is 0.389 e. The third-order valence-electron chi connectivity index (χ3n) is 2.65. The Labute approximate surface area is 98.7 Å². The molecular weight excluding hydrogens is 226 g/mol. The molecule has 0 bridgehead atoms. The van der Waals surface area contributed by atoms with Gasteiger partial charge in [0.25, 0.3) is 0 Å². The van der Waals surface area contributed by atoms with E-state index in [9.17, 15) is 15.0 Å². The first-order chi connectivity index (χ1) is 7.61. The van der Waals surface area contributed by atoms with Crippen LogP contribution in [0.15, 0.2) is 18.2 Å². The molecular formula is C11H13NO3S. The van der Waals surface area contributed by atoms with Gasteiger partial charge >= 0.3 is 0 Å². The van der Waals surface area contributed by atoms with Crippen LogP contribution in [0.4, 0.5) is 5.69 Å². The smallest absolute Gasteiger partial charge is 0.228 e. The van der Waals surface area contributed by atoms with Crippen LogP contribution in [-0.4, -0.2) is 28.0 Å². The van der Waals surface area contributed by atoms with E-state index in [1.807, 2.05) is 0 Å². The Morgan fingerprint density at radius 1 is 1.44 bits per heavy atom. The highest BCUT2D eigenvalue weighted by Crippen LogP contribution is 2.27. The molecule has 2 unspecified atom stereocenters. The van der Waals surface area contributed by atoms with Crippen molar-refractivity contribution >= 4 is 24.2 Å². The zero-order chi connectivity index (χ0) is 11.7. The van der Waals surface area contributed by atoms with E-state index < -0.39 is 12.2 Å². The zero-order valence-corrected chi connectivity index (χ0v) is 9.45. The van der Waals surface area contributed by atoms with Crippen molar-refractivity contribution in [2.24, 2.45) is 0 Å². The molecule has 0 saturated carbocycles. The number of anilines is 1. The Kier molecular flexibility index (Phi) is 3.18. The summed E-state index contributed by atoms with van der Waals surface area (Å²) in [6.45, 7) is 0. The van der Waals surface area contributed by atoms with Crippen molar-refractivity contribution in [1.82, 2.24) is 0 Å².